The molecule has 0 atom stereocenters. The molecule has 1 aromatic heterocycles. The van der Waals surface area contributed by atoms with E-state index in [1.165, 1.54) is 146 Å². The first-order chi connectivity index (χ1) is 32.1. The number of hydrogen-bond donors (Lipinski definition) is 0. The number of anilines is 6. The van der Waals surface area contributed by atoms with E-state index < -0.39 is 0 Å². The Kier molecular flexibility index (Phi) is 9.31. The highest BCUT2D eigenvalue weighted by Crippen LogP contribution is 2.54. The number of thiophene rings is 1. The summed E-state index contributed by atoms with van der Waals surface area (Å²) >= 11 is 1.99. The van der Waals surface area contributed by atoms with Gasteiger partial charge in [-0.05, 0) is 187 Å². The standard InChI is InChI=1S/C64H67BN2S/c1-38-19-17-18-22-51(38)66-54-37-58-44(43-32-45-48(36-57(43)68-58)64(12,13)28-25-61(45,6)7)33-49(54)65-50-34-46-47(63(10,11)27-26-62(46,8)9)35-53(50)67(52-24-23-42(29-39(52)2)60(3,4)5)56-31-41(30-55(66)59(56)65)40-20-15-14-16-21-40/h14-24,29-37H,25-28H2,1-13H3. The largest absolute Gasteiger partial charge is 0.311 e. The monoisotopic (exact) mass is 907 g/mol. The molecule has 12 rings (SSSR count). The fraction of sp³-hybridized carbons (Fsp3) is 0.344. The summed E-state index contributed by atoms with van der Waals surface area (Å²) in [6.07, 6.45) is 4.76. The van der Waals surface area contributed by atoms with Gasteiger partial charge in [0.1, 0.15) is 0 Å². The zero-order chi connectivity index (χ0) is 47.6. The summed E-state index contributed by atoms with van der Waals surface area (Å²) in [6.45, 7) is 31.5. The average molecular weight is 907 g/mol. The summed E-state index contributed by atoms with van der Waals surface area (Å²) in [7, 11) is 0. The van der Waals surface area contributed by atoms with Crippen LogP contribution >= 0.6 is 11.3 Å². The fourth-order valence-corrected chi connectivity index (χ4v) is 14.0. The molecule has 3 heterocycles. The summed E-state index contributed by atoms with van der Waals surface area (Å²) in [5.41, 5.74) is 24.7. The van der Waals surface area contributed by atoms with Gasteiger partial charge < -0.3 is 9.80 Å². The first-order valence-corrected chi connectivity index (χ1v) is 26.2. The Labute approximate surface area is 410 Å². The molecule has 0 spiro atoms. The highest BCUT2D eigenvalue weighted by Gasteiger charge is 2.47. The molecule has 2 nitrogen and oxygen atoms in total. The molecule has 0 unspecified atom stereocenters. The number of para-hydroxylation sites is 1. The van der Waals surface area contributed by atoms with E-state index >= 15 is 0 Å². The summed E-state index contributed by atoms with van der Waals surface area (Å²) in [5, 5.41) is 2.80. The molecule has 4 heteroatoms. The van der Waals surface area contributed by atoms with E-state index in [0.29, 0.717) is 0 Å². The molecule has 0 saturated heterocycles. The van der Waals surface area contributed by atoms with Crippen molar-refractivity contribution in [3.8, 4) is 11.1 Å². The molecule has 342 valence electrons. The van der Waals surface area contributed by atoms with Crippen LogP contribution in [-0.2, 0) is 27.1 Å². The predicted octanol–water partition coefficient (Wildman–Crippen LogP) is 16.4. The third-order valence-corrected chi connectivity index (χ3v) is 18.5. The minimum atomic E-state index is 0.0130. The maximum absolute atomic E-state index is 2.70. The molecule has 2 aliphatic heterocycles. The predicted molar refractivity (Wildman–Crippen MR) is 298 cm³/mol. The Hall–Kier alpha value is -5.58. The van der Waals surface area contributed by atoms with Crippen LogP contribution in [0.3, 0.4) is 0 Å². The van der Waals surface area contributed by atoms with Gasteiger partial charge in [0.05, 0.1) is 0 Å². The Morgan fingerprint density at radius 3 is 1.54 bits per heavy atom. The third-order valence-electron chi connectivity index (χ3n) is 17.4. The molecule has 0 N–H and O–H groups in total. The first-order valence-electron chi connectivity index (χ1n) is 25.4. The van der Waals surface area contributed by atoms with Crippen molar-refractivity contribution in [2.75, 3.05) is 9.80 Å². The fourth-order valence-electron chi connectivity index (χ4n) is 12.9. The molecule has 0 fully saturated rings. The zero-order valence-corrected chi connectivity index (χ0v) is 43.6. The topological polar surface area (TPSA) is 6.48 Å². The van der Waals surface area contributed by atoms with E-state index in [2.05, 4.69) is 221 Å². The van der Waals surface area contributed by atoms with Crippen molar-refractivity contribution in [3.63, 3.8) is 0 Å². The van der Waals surface area contributed by atoms with Gasteiger partial charge in [0, 0.05) is 48.9 Å². The van der Waals surface area contributed by atoms with E-state index in [9.17, 15) is 0 Å². The minimum absolute atomic E-state index is 0.0130. The summed E-state index contributed by atoms with van der Waals surface area (Å²) in [5.74, 6) is 0. The van der Waals surface area contributed by atoms with Crippen LogP contribution < -0.4 is 26.2 Å². The lowest BCUT2D eigenvalue weighted by Crippen LogP contribution is -2.62. The van der Waals surface area contributed by atoms with Crippen molar-refractivity contribution in [1.82, 2.24) is 0 Å². The summed E-state index contributed by atoms with van der Waals surface area (Å²) < 4.78 is 2.76. The normalized spacial score (nSPS) is 18.2. The molecule has 0 saturated carbocycles. The van der Waals surface area contributed by atoms with E-state index in [4.69, 9.17) is 0 Å². The van der Waals surface area contributed by atoms with Gasteiger partial charge >= 0.3 is 0 Å². The molecule has 2 aliphatic carbocycles. The van der Waals surface area contributed by atoms with Crippen molar-refractivity contribution in [2.24, 2.45) is 0 Å². The van der Waals surface area contributed by atoms with Crippen LogP contribution in [0.25, 0.3) is 31.3 Å². The molecular weight excluding hydrogens is 840 g/mol. The van der Waals surface area contributed by atoms with Crippen molar-refractivity contribution < 1.29 is 0 Å². The highest BCUT2D eigenvalue weighted by atomic mass is 32.1. The lowest BCUT2D eigenvalue weighted by atomic mass is 9.33. The highest BCUT2D eigenvalue weighted by molar-refractivity contribution is 7.26. The lowest BCUT2D eigenvalue weighted by molar-refractivity contribution is 0.332. The van der Waals surface area contributed by atoms with Crippen LogP contribution in [0.1, 0.15) is 141 Å². The molecule has 8 aromatic rings. The summed E-state index contributed by atoms with van der Waals surface area (Å²) in [6, 6.07) is 48.3. The summed E-state index contributed by atoms with van der Waals surface area (Å²) in [4.78, 5) is 5.34. The number of rotatable bonds is 3. The average Bonchev–Trinajstić information content (AvgIpc) is 3.65. The van der Waals surface area contributed by atoms with Crippen LogP contribution in [0.5, 0.6) is 0 Å². The van der Waals surface area contributed by atoms with Crippen LogP contribution in [-0.4, -0.2) is 6.71 Å². The smallest absolute Gasteiger partial charge is 0.252 e. The number of nitrogens with zero attached hydrogens (tertiary/aromatic N) is 2. The molecular formula is C64H67BN2S. The van der Waals surface area contributed by atoms with Gasteiger partial charge in [0.15, 0.2) is 0 Å². The van der Waals surface area contributed by atoms with Crippen molar-refractivity contribution in [1.29, 1.82) is 0 Å². The molecule has 0 bridgehead atoms. The first kappa shape index (κ1) is 43.7. The van der Waals surface area contributed by atoms with Crippen LogP contribution in [0.15, 0.2) is 121 Å². The number of fused-ring (bicyclic) bond motifs is 9. The minimum Gasteiger partial charge on any atom is -0.311 e. The molecule has 0 amide bonds. The Balaban J connectivity index is 1.24. The van der Waals surface area contributed by atoms with Crippen LogP contribution in [0.4, 0.5) is 34.1 Å². The molecule has 68 heavy (non-hydrogen) atoms. The molecule has 7 aromatic carbocycles. The Morgan fingerprint density at radius 1 is 0.441 bits per heavy atom. The zero-order valence-electron chi connectivity index (χ0n) is 42.8. The third kappa shape index (κ3) is 6.41. The van der Waals surface area contributed by atoms with E-state index in [0.717, 1.165) is 0 Å². The van der Waals surface area contributed by atoms with Gasteiger partial charge in [-0.2, -0.15) is 0 Å². The van der Waals surface area contributed by atoms with Gasteiger partial charge in [0.25, 0.3) is 6.71 Å². The Bertz CT molecular complexity index is 3430. The number of hydrogen-bond acceptors (Lipinski definition) is 3. The number of benzene rings is 7. The van der Waals surface area contributed by atoms with Crippen LogP contribution in [0, 0.1) is 13.8 Å². The maximum atomic E-state index is 2.70. The van der Waals surface area contributed by atoms with Gasteiger partial charge in [-0.15, -0.1) is 11.3 Å². The SMILES string of the molecule is Cc1cc(C(C)(C)C)ccc1N1c2cc3c(cc2B2c4cc5c(cc4N(c4ccccc4C)c4cc(-c6ccccc6)cc1c42)sc1cc2c(cc15)C(C)(C)CCC2(C)C)C(C)(C)CCC3(C)C. The van der Waals surface area contributed by atoms with Gasteiger partial charge in [0.2, 0.25) is 0 Å². The second-order valence-electron chi connectivity index (χ2n) is 24.8. The van der Waals surface area contributed by atoms with Gasteiger partial charge in [-0.1, -0.05) is 149 Å². The quantitative estimate of drug-likeness (QED) is 0.163. The Morgan fingerprint density at radius 2 is 0.941 bits per heavy atom. The second-order valence-corrected chi connectivity index (χ2v) is 25.9. The van der Waals surface area contributed by atoms with E-state index in [1.807, 2.05) is 11.3 Å². The van der Waals surface area contributed by atoms with Crippen molar-refractivity contribution >= 4 is 88.7 Å². The van der Waals surface area contributed by atoms with Gasteiger partial charge in [-0.3, -0.25) is 0 Å². The molecule has 0 radical (unpaired) electrons. The van der Waals surface area contributed by atoms with Crippen molar-refractivity contribution in [3.05, 3.63) is 160 Å². The second kappa shape index (κ2) is 14.5. The van der Waals surface area contributed by atoms with E-state index in [1.54, 1.807) is 0 Å². The van der Waals surface area contributed by atoms with Crippen molar-refractivity contribution in [2.45, 2.75) is 143 Å². The van der Waals surface area contributed by atoms with Crippen LogP contribution in [0.2, 0.25) is 0 Å². The van der Waals surface area contributed by atoms with Gasteiger partial charge in [-0.25, -0.2) is 0 Å². The molecule has 4 aliphatic rings. The maximum Gasteiger partial charge on any atom is 0.252 e. The lowest BCUT2D eigenvalue weighted by Gasteiger charge is -2.48. The number of aryl methyl sites for hydroxylation is 2. The van der Waals surface area contributed by atoms with E-state index in [-0.39, 0.29) is 33.8 Å².